The zero-order valence-corrected chi connectivity index (χ0v) is 10.8. The third-order valence-electron chi connectivity index (χ3n) is 3.31. The molecule has 18 heavy (non-hydrogen) atoms. The molecule has 0 radical (unpaired) electrons. The van der Waals surface area contributed by atoms with Gasteiger partial charge in [-0.05, 0) is 43.9 Å². The summed E-state index contributed by atoms with van der Waals surface area (Å²) in [6.07, 6.45) is 3.64. The molecule has 98 valence electrons. The van der Waals surface area contributed by atoms with Gasteiger partial charge < -0.3 is 16.2 Å². The van der Waals surface area contributed by atoms with E-state index in [1.54, 1.807) is 6.07 Å². The number of nitrogens with one attached hydrogen (secondary N) is 1. The molecule has 1 aliphatic carbocycles. The molecule has 2 rings (SSSR count). The Morgan fingerprint density at radius 2 is 2.00 bits per heavy atom. The van der Waals surface area contributed by atoms with Gasteiger partial charge in [-0.25, -0.2) is 0 Å². The van der Waals surface area contributed by atoms with Gasteiger partial charge in [0.15, 0.2) is 0 Å². The Labute approximate surface area is 111 Å². The van der Waals surface area contributed by atoms with Crippen LogP contribution < -0.4 is 11.1 Å². The maximum Gasteiger partial charge on any atom is 0.255 e. The maximum absolute atomic E-state index is 12.0. The van der Waals surface area contributed by atoms with Gasteiger partial charge in [0.05, 0.1) is 5.56 Å². The van der Waals surface area contributed by atoms with E-state index >= 15 is 0 Å². The van der Waals surface area contributed by atoms with E-state index in [9.17, 15) is 9.90 Å². The summed E-state index contributed by atoms with van der Waals surface area (Å²) in [6, 6.07) is 4.89. The molecule has 0 atom stereocenters. The Morgan fingerprint density at radius 1 is 1.33 bits per heavy atom. The molecule has 5 heteroatoms. The lowest BCUT2D eigenvalue weighted by molar-refractivity contribution is 0.0923. The third-order valence-corrected chi connectivity index (χ3v) is 3.55. The van der Waals surface area contributed by atoms with Crippen molar-refractivity contribution in [2.45, 2.75) is 37.8 Å². The van der Waals surface area contributed by atoms with Gasteiger partial charge in [0, 0.05) is 17.1 Å². The first-order chi connectivity index (χ1) is 8.56. The monoisotopic (exact) mass is 268 g/mol. The predicted octanol–water partition coefficient (Wildman–Crippen LogP) is 2.05. The smallest absolute Gasteiger partial charge is 0.255 e. The van der Waals surface area contributed by atoms with Gasteiger partial charge >= 0.3 is 0 Å². The first kappa shape index (κ1) is 13.2. The van der Waals surface area contributed by atoms with Gasteiger partial charge in [-0.15, -0.1) is 0 Å². The minimum absolute atomic E-state index is 0.0903. The molecular weight excluding hydrogens is 252 g/mol. The van der Waals surface area contributed by atoms with E-state index in [1.165, 1.54) is 12.1 Å². The van der Waals surface area contributed by atoms with Crippen LogP contribution in [-0.2, 0) is 0 Å². The van der Waals surface area contributed by atoms with Crippen LogP contribution >= 0.6 is 11.6 Å². The van der Waals surface area contributed by atoms with E-state index in [0.717, 1.165) is 25.7 Å². The zero-order valence-electron chi connectivity index (χ0n) is 10.0. The summed E-state index contributed by atoms with van der Waals surface area (Å²) in [5, 5.41) is 13.0. The molecule has 1 aromatic rings. The minimum Gasteiger partial charge on any atom is -0.507 e. The lowest BCUT2D eigenvalue weighted by Crippen LogP contribution is -2.40. The van der Waals surface area contributed by atoms with Gasteiger partial charge in [-0.1, -0.05) is 11.6 Å². The SMILES string of the molecule is NC1CCC(NC(=O)c2ccc(Cl)cc2O)CC1. The van der Waals surface area contributed by atoms with Crippen LogP contribution in [0.4, 0.5) is 0 Å². The molecule has 0 unspecified atom stereocenters. The topological polar surface area (TPSA) is 75.3 Å². The Kier molecular flexibility index (Phi) is 4.09. The predicted molar refractivity (Wildman–Crippen MR) is 70.8 cm³/mol. The zero-order chi connectivity index (χ0) is 13.1. The molecule has 1 aliphatic rings. The first-order valence-electron chi connectivity index (χ1n) is 6.11. The van der Waals surface area contributed by atoms with Crippen molar-refractivity contribution in [2.24, 2.45) is 5.73 Å². The number of phenols is 1. The number of hydrogen-bond donors (Lipinski definition) is 3. The lowest BCUT2D eigenvalue weighted by atomic mass is 9.91. The summed E-state index contributed by atoms with van der Waals surface area (Å²) in [6.45, 7) is 0. The summed E-state index contributed by atoms with van der Waals surface area (Å²) in [5.74, 6) is -0.350. The van der Waals surface area contributed by atoms with Crippen molar-refractivity contribution in [3.8, 4) is 5.75 Å². The summed E-state index contributed by atoms with van der Waals surface area (Å²) in [5.41, 5.74) is 6.07. The molecule has 0 heterocycles. The van der Waals surface area contributed by atoms with Gasteiger partial charge in [0.25, 0.3) is 5.91 Å². The second kappa shape index (κ2) is 5.59. The number of carbonyl (C=O) groups excluding carboxylic acids is 1. The number of benzene rings is 1. The van der Waals surface area contributed by atoms with Crippen LogP contribution in [0, 0.1) is 0 Å². The molecule has 1 fully saturated rings. The third kappa shape index (κ3) is 3.15. The highest BCUT2D eigenvalue weighted by molar-refractivity contribution is 6.30. The van der Waals surface area contributed by atoms with Gasteiger partial charge in [-0.3, -0.25) is 4.79 Å². The van der Waals surface area contributed by atoms with E-state index in [2.05, 4.69) is 5.32 Å². The van der Waals surface area contributed by atoms with Crippen molar-refractivity contribution in [3.63, 3.8) is 0 Å². The number of hydrogen-bond acceptors (Lipinski definition) is 3. The second-order valence-electron chi connectivity index (χ2n) is 4.75. The minimum atomic E-state index is -0.260. The molecular formula is C13H17ClN2O2. The van der Waals surface area contributed by atoms with Gasteiger partial charge in [-0.2, -0.15) is 0 Å². The van der Waals surface area contributed by atoms with Crippen molar-refractivity contribution in [1.29, 1.82) is 0 Å². The number of amides is 1. The number of carbonyl (C=O) groups is 1. The number of aromatic hydroxyl groups is 1. The maximum atomic E-state index is 12.0. The molecule has 0 aliphatic heterocycles. The van der Waals surface area contributed by atoms with Crippen LogP contribution in [0.25, 0.3) is 0 Å². The van der Waals surface area contributed by atoms with Crippen molar-refractivity contribution < 1.29 is 9.90 Å². The van der Waals surface area contributed by atoms with Crippen molar-refractivity contribution >= 4 is 17.5 Å². The molecule has 1 aromatic carbocycles. The van der Waals surface area contributed by atoms with Crippen LogP contribution in [0.3, 0.4) is 0 Å². The van der Waals surface area contributed by atoms with E-state index in [4.69, 9.17) is 17.3 Å². The molecule has 4 nitrogen and oxygen atoms in total. The summed E-state index contributed by atoms with van der Waals surface area (Å²) < 4.78 is 0. The highest BCUT2D eigenvalue weighted by Crippen LogP contribution is 2.23. The summed E-state index contributed by atoms with van der Waals surface area (Å²) >= 11 is 5.72. The van der Waals surface area contributed by atoms with E-state index in [0.29, 0.717) is 5.02 Å². The van der Waals surface area contributed by atoms with Crippen LogP contribution in [0.2, 0.25) is 5.02 Å². The number of halogens is 1. The average molecular weight is 269 g/mol. The van der Waals surface area contributed by atoms with Gasteiger partial charge in [0.2, 0.25) is 0 Å². The van der Waals surface area contributed by atoms with E-state index in [-0.39, 0.29) is 29.3 Å². The standard InChI is InChI=1S/C13H17ClN2O2/c14-8-1-6-11(12(17)7-8)13(18)16-10-4-2-9(15)3-5-10/h1,6-7,9-10,17H,2-5,15H2,(H,16,18). The first-order valence-corrected chi connectivity index (χ1v) is 6.49. The second-order valence-corrected chi connectivity index (χ2v) is 5.18. The number of phenolic OH excluding ortho intramolecular Hbond substituents is 1. The van der Waals surface area contributed by atoms with Crippen molar-refractivity contribution in [2.75, 3.05) is 0 Å². The van der Waals surface area contributed by atoms with E-state index < -0.39 is 0 Å². The Bertz CT molecular complexity index is 443. The highest BCUT2D eigenvalue weighted by Gasteiger charge is 2.21. The number of rotatable bonds is 2. The molecule has 0 spiro atoms. The summed E-state index contributed by atoms with van der Waals surface area (Å²) in [4.78, 5) is 12.0. The molecule has 4 N–H and O–H groups in total. The van der Waals surface area contributed by atoms with Crippen molar-refractivity contribution in [1.82, 2.24) is 5.32 Å². The van der Waals surface area contributed by atoms with Crippen LogP contribution in [0.1, 0.15) is 36.0 Å². The Morgan fingerprint density at radius 3 is 2.61 bits per heavy atom. The Balaban J connectivity index is 1.99. The molecule has 0 aromatic heterocycles. The Hall–Kier alpha value is -1.26. The van der Waals surface area contributed by atoms with Crippen LogP contribution in [-0.4, -0.2) is 23.1 Å². The average Bonchev–Trinajstić information content (AvgIpc) is 2.32. The number of nitrogens with two attached hydrogens (primary N) is 1. The molecule has 0 saturated heterocycles. The van der Waals surface area contributed by atoms with Crippen LogP contribution in [0.5, 0.6) is 5.75 Å². The fourth-order valence-corrected chi connectivity index (χ4v) is 2.39. The lowest BCUT2D eigenvalue weighted by Gasteiger charge is -2.26. The largest absolute Gasteiger partial charge is 0.507 e. The molecule has 0 bridgehead atoms. The molecule has 1 saturated carbocycles. The fourth-order valence-electron chi connectivity index (χ4n) is 2.22. The molecule has 1 amide bonds. The highest BCUT2D eigenvalue weighted by atomic mass is 35.5. The fraction of sp³-hybridized carbons (Fsp3) is 0.462. The van der Waals surface area contributed by atoms with Crippen LogP contribution in [0.15, 0.2) is 18.2 Å². The van der Waals surface area contributed by atoms with E-state index in [1.807, 2.05) is 0 Å². The van der Waals surface area contributed by atoms with Gasteiger partial charge in [0.1, 0.15) is 5.75 Å². The quantitative estimate of drug-likeness (QED) is 0.768. The van der Waals surface area contributed by atoms with Crippen molar-refractivity contribution in [3.05, 3.63) is 28.8 Å². The summed E-state index contributed by atoms with van der Waals surface area (Å²) in [7, 11) is 0. The normalized spacial score (nSPS) is 23.7.